The number of nitrogens with one attached hydrogen (secondary N) is 1. The third-order valence-electron chi connectivity index (χ3n) is 2.37. The lowest BCUT2D eigenvalue weighted by Crippen LogP contribution is -2.07. The Morgan fingerprint density at radius 2 is 2.24 bits per heavy atom. The second-order valence-electron chi connectivity index (χ2n) is 3.93. The van der Waals surface area contributed by atoms with E-state index in [0.29, 0.717) is 0 Å². The first-order valence-corrected chi connectivity index (χ1v) is 6.97. The van der Waals surface area contributed by atoms with E-state index in [4.69, 9.17) is 5.73 Å². The fourth-order valence-electron chi connectivity index (χ4n) is 1.51. The number of halogens is 1. The van der Waals surface area contributed by atoms with Crippen molar-refractivity contribution in [1.29, 1.82) is 0 Å². The predicted molar refractivity (Wildman–Crippen MR) is 77.4 cm³/mol. The highest BCUT2D eigenvalue weighted by Crippen LogP contribution is 2.29. The van der Waals surface area contributed by atoms with Gasteiger partial charge < -0.3 is 11.1 Å². The van der Waals surface area contributed by atoms with Gasteiger partial charge in [-0.05, 0) is 48.0 Å². The molecule has 0 saturated carbocycles. The normalized spacial score (nSPS) is 12.4. The molecular weight excluding hydrogens is 298 g/mol. The number of aryl methyl sites for hydroxylation is 1. The summed E-state index contributed by atoms with van der Waals surface area (Å²) in [5, 5.41) is 6.56. The molecule has 1 atom stereocenters. The minimum absolute atomic E-state index is 0.189. The summed E-state index contributed by atoms with van der Waals surface area (Å²) in [5.41, 5.74) is 8.55. The van der Waals surface area contributed by atoms with Crippen LogP contribution in [0.3, 0.4) is 0 Å². The fourth-order valence-corrected chi connectivity index (χ4v) is 2.83. The molecule has 1 unspecified atom stereocenters. The topological polar surface area (TPSA) is 50.9 Å². The van der Waals surface area contributed by atoms with Crippen molar-refractivity contribution in [2.45, 2.75) is 19.9 Å². The first-order valence-electron chi connectivity index (χ1n) is 5.30. The molecule has 0 aliphatic rings. The van der Waals surface area contributed by atoms with E-state index in [9.17, 15) is 0 Å². The van der Waals surface area contributed by atoms with E-state index in [-0.39, 0.29) is 6.04 Å². The number of aromatic nitrogens is 1. The van der Waals surface area contributed by atoms with E-state index in [1.54, 1.807) is 11.3 Å². The lowest BCUT2D eigenvalue weighted by molar-refractivity contribution is 0.863. The van der Waals surface area contributed by atoms with Gasteiger partial charge in [0.2, 0.25) is 0 Å². The van der Waals surface area contributed by atoms with Crippen LogP contribution in [0.4, 0.5) is 11.4 Å². The van der Waals surface area contributed by atoms with Crippen LogP contribution >= 0.6 is 27.3 Å². The van der Waals surface area contributed by atoms with E-state index >= 15 is 0 Å². The Morgan fingerprint density at radius 3 is 2.82 bits per heavy atom. The molecule has 0 fully saturated rings. The highest BCUT2D eigenvalue weighted by atomic mass is 79.9. The summed E-state index contributed by atoms with van der Waals surface area (Å²) in [6, 6.07) is 5.93. The Balaban J connectivity index is 2.15. The molecule has 0 radical (unpaired) electrons. The molecule has 0 saturated heterocycles. The average molecular weight is 312 g/mol. The van der Waals surface area contributed by atoms with Gasteiger partial charge in [-0.3, -0.25) is 0 Å². The zero-order chi connectivity index (χ0) is 12.4. The zero-order valence-electron chi connectivity index (χ0n) is 9.70. The highest BCUT2D eigenvalue weighted by molar-refractivity contribution is 9.10. The summed E-state index contributed by atoms with van der Waals surface area (Å²) < 4.78 is 0.970. The largest absolute Gasteiger partial charge is 0.399 e. The van der Waals surface area contributed by atoms with Gasteiger partial charge in [0.25, 0.3) is 0 Å². The Morgan fingerprint density at radius 1 is 1.47 bits per heavy atom. The fraction of sp³-hybridized carbons (Fsp3) is 0.250. The molecule has 1 aromatic heterocycles. The van der Waals surface area contributed by atoms with Crippen molar-refractivity contribution in [2.24, 2.45) is 0 Å². The third-order valence-corrected chi connectivity index (χ3v) is 4.17. The molecule has 1 aromatic carbocycles. The van der Waals surface area contributed by atoms with Crippen molar-refractivity contribution in [1.82, 2.24) is 4.98 Å². The quantitative estimate of drug-likeness (QED) is 0.843. The standard InChI is InChI=1S/C12H14BrN3S/c1-7-6-17-12(15-7)8(2)16-11-4-3-9(14)5-10(11)13/h3-6,8,16H,14H2,1-2H3. The number of anilines is 2. The van der Waals surface area contributed by atoms with Crippen LogP contribution < -0.4 is 11.1 Å². The maximum absolute atomic E-state index is 5.70. The Kier molecular flexibility index (Phi) is 3.69. The molecule has 1 heterocycles. The summed E-state index contributed by atoms with van der Waals surface area (Å²) in [6.07, 6.45) is 0. The molecule has 0 spiro atoms. The number of hydrogen-bond acceptors (Lipinski definition) is 4. The van der Waals surface area contributed by atoms with E-state index in [1.165, 1.54) is 0 Å². The van der Waals surface area contributed by atoms with Crippen molar-refractivity contribution >= 4 is 38.6 Å². The molecule has 0 amide bonds. The Bertz CT molecular complexity index is 524. The zero-order valence-corrected chi connectivity index (χ0v) is 12.1. The molecule has 5 heteroatoms. The van der Waals surface area contributed by atoms with Gasteiger partial charge >= 0.3 is 0 Å². The van der Waals surface area contributed by atoms with Gasteiger partial charge in [-0.25, -0.2) is 4.98 Å². The third kappa shape index (κ3) is 2.98. The van der Waals surface area contributed by atoms with Crippen LogP contribution in [0.2, 0.25) is 0 Å². The Labute approximate surface area is 113 Å². The summed E-state index contributed by atoms with van der Waals surface area (Å²) in [7, 11) is 0. The molecule has 2 aromatic rings. The van der Waals surface area contributed by atoms with Crippen molar-refractivity contribution in [2.75, 3.05) is 11.1 Å². The van der Waals surface area contributed by atoms with Crippen LogP contribution in [0.1, 0.15) is 23.7 Å². The van der Waals surface area contributed by atoms with Crippen LogP contribution in [-0.4, -0.2) is 4.98 Å². The number of rotatable bonds is 3. The number of hydrogen-bond donors (Lipinski definition) is 2. The smallest absolute Gasteiger partial charge is 0.115 e. The number of benzene rings is 1. The molecule has 17 heavy (non-hydrogen) atoms. The molecule has 2 rings (SSSR count). The summed E-state index contributed by atoms with van der Waals surface area (Å²) in [4.78, 5) is 4.47. The summed E-state index contributed by atoms with van der Waals surface area (Å²) in [5.74, 6) is 0. The lowest BCUT2D eigenvalue weighted by Gasteiger charge is -2.14. The van der Waals surface area contributed by atoms with Crippen molar-refractivity contribution in [3.63, 3.8) is 0 Å². The van der Waals surface area contributed by atoms with E-state index in [2.05, 4.69) is 38.5 Å². The number of thiazole rings is 1. The first kappa shape index (κ1) is 12.4. The molecule has 3 N–H and O–H groups in total. The van der Waals surface area contributed by atoms with Gasteiger partial charge in [0.15, 0.2) is 0 Å². The summed E-state index contributed by atoms with van der Waals surface area (Å²) in [6.45, 7) is 4.10. The lowest BCUT2D eigenvalue weighted by atomic mass is 10.2. The Hall–Kier alpha value is -1.07. The van der Waals surface area contributed by atoms with E-state index in [1.807, 2.05) is 25.1 Å². The highest BCUT2D eigenvalue weighted by Gasteiger charge is 2.10. The molecule has 0 aliphatic heterocycles. The molecular formula is C12H14BrN3S. The van der Waals surface area contributed by atoms with Gasteiger partial charge in [-0.2, -0.15) is 0 Å². The summed E-state index contributed by atoms with van der Waals surface area (Å²) >= 11 is 5.17. The molecule has 3 nitrogen and oxygen atoms in total. The predicted octanol–water partition coefficient (Wildman–Crippen LogP) is 3.97. The van der Waals surface area contributed by atoms with Crippen LogP contribution in [-0.2, 0) is 0 Å². The van der Waals surface area contributed by atoms with Crippen molar-refractivity contribution < 1.29 is 0 Å². The van der Waals surface area contributed by atoms with Gasteiger partial charge in [0, 0.05) is 26.9 Å². The second-order valence-corrected chi connectivity index (χ2v) is 5.68. The van der Waals surface area contributed by atoms with Crippen LogP contribution in [0.5, 0.6) is 0 Å². The van der Waals surface area contributed by atoms with Gasteiger partial charge in [0.1, 0.15) is 5.01 Å². The average Bonchev–Trinajstić information content (AvgIpc) is 2.69. The van der Waals surface area contributed by atoms with Gasteiger partial charge in [-0.1, -0.05) is 0 Å². The minimum atomic E-state index is 0.189. The molecule has 90 valence electrons. The van der Waals surface area contributed by atoms with E-state index < -0.39 is 0 Å². The SMILES string of the molecule is Cc1csc(C(C)Nc2ccc(N)cc2Br)n1. The van der Waals surface area contributed by atoms with Crippen LogP contribution in [0, 0.1) is 6.92 Å². The minimum Gasteiger partial charge on any atom is -0.399 e. The van der Waals surface area contributed by atoms with Gasteiger partial charge in [0.05, 0.1) is 6.04 Å². The molecule has 0 bridgehead atoms. The maximum atomic E-state index is 5.70. The van der Waals surface area contributed by atoms with Crippen molar-refractivity contribution in [3.8, 4) is 0 Å². The number of nitrogens with zero attached hydrogens (tertiary/aromatic N) is 1. The maximum Gasteiger partial charge on any atom is 0.115 e. The monoisotopic (exact) mass is 311 g/mol. The first-order chi connectivity index (χ1) is 8.06. The number of nitrogen functional groups attached to an aromatic ring is 1. The number of nitrogens with two attached hydrogens (primary N) is 1. The molecule has 0 aliphatic carbocycles. The van der Waals surface area contributed by atoms with Crippen molar-refractivity contribution in [3.05, 3.63) is 38.8 Å². The van der Waals surface area contributed by atoms with Crippen LogP contribution in [0.15, 0.2) is 28.1 Å². The second kappa shape index (κ2) is 5.06. The van der Waals surface area contributed by atoms with Crippen LogP contribution in [0.25, 0.3) is 0 Å². The van der Waals surface area contributed by atoms with E-state index in [0.717, 1.165) is 26.5 Å². The van der Waals surface area contributed by atoms with Gasteiger partial charge in [-0.15, -0.1) is 11.3 Å².